The third-order valence-electron chi connectivity index (χ3n) is 3.62. The van der Waals surface area contributed by atoms with Crippen molar-refractivity contribution in [1.82, 2.24) is 0 Å². The van der Waals surface area contributed by atoms with Gasteiger partial charge in [-0.1, -0.05) is 18.6 Å². The molecule has 0 aliphatic heterocycles. The number of carbonyl (C=O) groups excluding carboxylic acids is 2. The molecule has 0 saturated heterocycles. The number of ether oxygens (including phenoxy) is 2. The first kappa shape index (κ1) is 18.7. The van der Waals surface area contributed by atoms with Crippen molar-refractivity contribution in [3.8, 4) is 0 Å². The first-order valence-corrected chi connectivity index (χ1v) is 7.44. The number of hydrogen-bond acceptors (Lipinski definition) is 5. The van der Waals surface area contributed by atoms with Gasteiger partial charge in [-0.05, 0) is 37.0 Å². The van der Waals surface area contributed by atoms with Gasteiger partial charge >= 0.3 is 17.9 Å². The second kappa shape index (κ2) is 9.61. The third kappa shape index (κ3) is 6.50. The van der Waals surface area contributed by atoms with Gasteiger partial charge in [-0.25, -0.2) is 4.79 Å². The van der Waals surface area contributed by atoms with Gasteiger partial charge in [0.15, 0.2) is 0 Å². The lowest BCUT2D eigenvalue weighted by atomic mass is 9.93. The summed E-state index contributed by atoms with van der Waals surface area (Å²) in [5, 5.41) is 9.30. The Labute approximate surface area is 135 Å². The maximum Gasteiger partial charge on any atom is 0.337 e. The van der Waals surface area contributed by atoms with Crippen LogP contribution in [0.5, 0.6) is 0 Å². The van der Waals surface area contributed by atoms with E-state index in [1.54, 1.807) is 24.3 Å². The monoisotopic (exact) mass is 322 g/mol. The Morgan fingerprint density at radius 1 is 1.04 bits per heavy atom. The molecule has 1 rings (SSSR count). The van der Waals surface area contributed by atoms with Crippen molar-refractivity contribution < 1.29 is 29.0 Å². The van der Waals surface area contributed by atoms with Gasteiger partial charge < -0.3 is 14.6 Å². The van der Waals surface area contributed by atoms with Crippen LogP contribution in [0.2, 0.25) is 0 Å². The first-order chi connectivity index (χ1) is 11.0. The molecule has 1 atom stereocenters. The van der Waals surface area contributed by atoms with Crippen LogP contribution in [-0.2, 0) is 25.5 Å². The van der Waals surface area contributed by atoms with Crippen LogP contribution < -0.4 is 0 Å². The first-order valence-electron chi connectivity index (χ1n) is 7.44. The summed E-state index contributed by atoms with van der Waals surface area (Å²) in [6.45, 7) is 0. The second-order valence-electron chi connectivity index (χ2n) is 5.25. The highest BCUT2D eigenvalue weighted by atomic mass is 16.5. The van der Waals surface area contributed by atoms with Crippen molar-refractivity contribution >= 4 is 17.9 Å². The lowest BCUT2D eigenvalue weighted by Crippen LogP contribution is -2.16. The molecule has 126 valence electrons. The summed E-state index contributed by atoms with van der Waals surface area (Å²) in [5.74, 6) is -2.08. The Morgan fingerprint density at radius 3 is 2.22 bits per heavy atom. The van der Waals surface area contributed by atoms with Crippen LogP contribution in [0.25, 0.3) is 0 Å². The molecule has 0 radical (unpaired) electrons. The van der Waals surface area contributed by atoms with Crippen LogP contribution in [0.4, 0.5) is 0 Å². The summed E-state index contributed by atoms with van der Waals surface area (Å²) in [6, 6.07) is 6.71. The minimum Gasteiger partial charge on any atom is -0.481 e. The Balaban J connectivity index is 2.53. The van der Waals surface area contributed by atoms with Gasteiger partial charge in [0.25, 0.3) is 0 Å². The number of hydrogen-bond donors (Lipinski definition) is 1. The topological polar surface area (TPSA) is 89.9 Å². The Morgan fingerprint density at radius 2 is 1.70 bits per heavy atom. The number of carboxylic acid groups (broad SMARTS) is 1. The lowest BCUT2D eigenvalue weighted by Gasteiger charge is -2.12. The molecule has 0 aliphatic rings. The average Bonchev–Trinajstić information content (AvgIpc) is 2.56. The highest BCUT2D eigenvalue weighted by Crippen LogP contribution is 2.17. The van der Waals surface area contributed by atoms with Crippen LogP contribution in [0.15, 0.2) is 24.3 Å². The summed E-state index contributed by atoms with van der Waals surface area (Å²) < 4.78 is 9.17. The molecular formula is C17H22O6. The molecule has 0 aromatic heterocycles. The normalized spacial score (nSPS) is 11.6. The van der Waals surface area contributed by atoms with Crippen LogP contribution in [0.1, 0.15) is 41.6 Å². The number of rotatable bonds is 9. The molecular weight excluding hydrogens is 300 g/mol. The van der Waals surface area contributed by atoms with Crippen molar-refractivity contribution in [2.45, 2.75) is 32.1 Å². The minimum atomic E-state index is -0.861. The van der Waals surface area contributed by atoms with E-state index >= 15 is 0 Å². The van der Waals surface area contributed by atoms with Crippen molar-refractivity contribution in [1.29, 1.82) is 0 Å². The summed E-state index contributed by atoms with van der Waals surface area (Å²) in [6.07, 6.45) is 2.43. The zero-order valence-corrected chi connectivity index (χ0v) is 13.4. The van der Waals surface area contributed by atoms with E-state index in [0.29, 0.717) is 37.7 Å². The fraction of sp³-hybridized carbons (Fsp3) is 0.471. The molecule has 0 fully saturated rings. The van der Waals surface area contributed by atoms with E-state index in [4.69, 9.17) is 0 Å². The van der Waals surface area contributed by atoms with E-state index in [0.717, 1.165) is 5.56 Å². The van der Waals surface area contributed by atoms with Gasteiger partial charge in [0.2, 0.25) is 0 Å². The molecule has 0 amide bonds. The Kier molecular flexibility index (Phi) is 7.80. The van der Waals surface area contributed by atoms with Crippen LogP contribution in [0, 0.1) is 5.92 Å². The predicted molar refractivity (Wildman–Crippen MR) is 83.1 cm³/mol. The quantitative estimate of drug-likeness (QED) is 0.555. The van der Waals surface area contributed by atoms with Gasteiger partial charge in [-0.2, -0.15) is 0 Å². The number of benzene rings is 1. The van der Waals surface area contributed by atoms with Crippen molar-refractivity contribution in [3.63, 3.8) is 0 Å². The van der Waals surface area contributed by atoms with Gasteiger partial charge in [0.05, 0.1) is 25.7 Å². The Hall–Kier alpha value is -2.37. The highest BCUT2D eigenvalue weighted by molar-refractivity contribution is 5.89. The van der Waals surface area contributed by atoms with Gasteiger partial charge in [-0.3, -0.25) is 9.59 Å². The molecule has 6 nitrogen and oxygen atoms in total. The number of unbranched alkanes of at least 4 members (excludes halogenated alkanes) is 1. The summed E-state index contributed by atoms with van der Waals surface area (Å²) in [5.41, 5.74) is 1.28. The SMILES string of the molecule is COC(=O)CCCCC(Cc1ccc(C(=O)OC)cc1)C(=O)O. The fourth-order valence-electron chi connectivity index (χ4n) is 2.25. The molecule has 1 aromatic carbocycles. The number of carboxylic acids is 1. The average molecular weight is 322 g/mol. The van der Waals surface area contributed by atoms with Gasteiger partial charge in [-0.15, -0.1) is 0 Å². The molecule has 0 spiro atoms. The van der Waals surface area contributed by atoms with Gasteiger partial charge in [0.1, 0.15) is 0 Å². The van der Waals surface area contributed by atoms with Crippen LogP contribution >= 0.6 is 0 Å². The van der Waals surface area contributed by atoms with Crippen LogP contribution in [-0.4, -0.2) is 37.2 Å². The predicted octanol–water partition coefficient (Wildman–Crippen LogP) is 2.45. The lowest BCUT2D eigenvalue weighted by molar-refractivity contribution is -0.142. The summed E-state index contributed by atoms with van der Waals surface area (Å²) in [4.78, 5) is 33.7. The van der Waals surface area contributed by atoms with E-state index in [1.165, 1.54) is 14.2 Å². The van der Waals surface area contributed by atoms with E-state index < -0.39 is 17.9 Å². The standard InChI is InChI=1S/C17H22O6/c1-22-15(18)6-4-3-5-14(16(19)20)11-12-7-9-13(10-8-12)17(21)23-2/h7-10,14H,3-6,11H2,1-2H3,(H,19,20). The molecule has 1 unspecified atom stereocenters. The maximum absolute atomic E-state index is 11.4. The van der Waals surface area contributed by atoms with E-state index in [-0.39, 0.29) is 5.97 Å². The molecule has 0 bridgehead atoms. The maximum atomic E-state index is 11.4. The Bertz CT molecular complexity index is 535. The molecule has 23 heavy (non-hydrogen) atoms. The molecule has 0 saturated carbocycles. The zero-order valence-electron chi connectivity index (χ0n) is 13.4. The summed E-state index contributed by atoms with van der Waals surface area (Å²) in [7, 11) is 2.64. The largest absolute Gasteiger partial charge is 0.481 e. The number of esters is 2. The zero-order chi connectivity index (χ0) is 17.2. The number of carbonyl (C=O) groups is 3. The second-order valence-corrected chi connectivity index (χ2v) is 5.25. The van der Waals surface area contributed by atoms with Crippen molar-refractivity contribution in [2.24, 2.45) is 5.92 Å². The van der Waals surface area contributed by atoms with Gasteiger partial charge in [0, 0.05) is 6.42 Å². The number of methoxy groups -OCH3 is 2. The molecule has 0 aliphatic carbocycles. The van der Waals surface area contributed by atoms with Crippen molar-refractivity contribution in [3.05, 3.63) is 35.4 Å². The smallest absolute Gasteiger partial charge is 0.337 e. The molecule has 1 N–H and O–H groups in total. The van der Waals surface area contributed by atoms with Crippen molar-refractivity contribution in [2.75, 3.05) is 14.2 Å². The third-order valence-corrected chi connectivity index (χ3v) is 3.62. The van der Waals surface area contributed by atoms with Crippen LogP contribution in [0.3, 0.4) is 0 Å². The highest BCUT2D eigenvalue weighted by Gasteiger charge is 2.18. The molecule has 1 aromatic rings. The van der Waals surface area contributed by atoms with E-state index in [1.807, 2.05) is 0 Å². The fourth-order valence-corrected chi connectivity index (χ4v) is 2.25. The van der Waals surface area contributed by atoms with E-state index in [2.05, 4.69) is 9.47 Å². The van der Waals surface area contributed by atoms with E-state index in [9.17, 15) is 19.5 Å². The molecule has 0 heterocycles. The number of aliphatic carboxylic acids is 1. The summed E-state index contributed by atoms with van der Waals surface area (Å²) >= 11 is 0. The molecule has 6 heteroatoms. The minimum absolute atomic E-state index is 0.282.